The van der Waals surface area contributed by atoms with Gasteiger partial charge >= 0.3 is 0 Å². The van der Waals surface area contributed by atoms with Crippen molar-refractivity contribution in [3.05, 3.63) is 29.6 Å². The van der Waals surface area contributed by atoms with Gasteiger partial charge in [-0.3, -0.25) is 0 Å². The molecule has 1 saturated carbocycles. The van der Waals surface area contributed by atoms with E-state index in [0.717, 1.165) is 18.9 Å². The number of hydrogen-bond acceptors (Lipinski definition) is 1. The van der Waals surface area contributed by atoms with Crippen LogP contribution in [0.15, 0.2) is 18.2 Å². The number of anilines is 1. The maximum absolute atomic E-state index is 13.5. The molecule has 88 valence electrons. The van der Waals surface area contributed by atoms with Gasteiger partial charge in [-0.05, 0) is 42.9 Å². The van der Waals surface area contributed by atoms with Crippen LogP contribution in [0.4, 0.5) is 10.1 Å². The molecule has 0 aromatic heterocycles. The third kappa shape index (κ3) is 2.75. The Balaban J connectivity index is 1.96. The highest BCUT2D eigenvalue weighted by atomic mass is 19.1. The zero-order valence-corrected chi connectivity index (χ0v) is 9.93. The van der Waals surface area contributed by atoms with Crippen LogP contribution in [0.5, 0.6) is 0 Å². The van der Waals surface area contributed by atoms with Gasteiger partial charge < -0.3 is 5.32 Å². The molecule has 1 aliphatic rings. The van der Waals surface area contributed by atoms with E-state index in [0.29, 0.717) is 5.69 Å². The molecule has 1 fully saturated rings. The van der Waals surface area contributed by atoms with Gasteiger partial charge in [0.1, 0.15) is 5.82 Å². The Morgan fingerprint density at radius 2 is 2.06 bits per heavy atom. The van der Waals surface area contributed by atoms with Crippen LogP contribution in [-0.4, -0.2) is 6.54 Å². The number of hydrogen-bond donors (Lipinski definition) is 1. The summed E-state index contributed by atoms with van der Waals surface area (Å²) in [5.41, 5.74) is 1.86. The van der Waals surface area contributed by atoms with E-state index in [9.17, 15) is 4.39 Å². The van der Waals surface area contributed by atoms with E-state index in [1.54, 1.807) is 6.07 Å². The summed E-state index contributed by atoms with van der Waals surface area (Å²) in [6.45, 7) is 3.01. The van der Waals surface area contributed by atoms with Gasteiger partial charge in [-0.2, -0.15) is 0 Å². The van der Waals surface area contributed by atoms with E-state index >= 15 is 0 Å². The largest absolute Gasteiger partial charge is 0.382 e. The Morgan fingerprint density at radius 1 is 1.31 bits per heavy atom. The minimum atomic E-state index is -0.129. The van der Waals surface area contributed by atoms with Gasteiger partial charge in [-0.15, -0.1) is 0 Å². The van der Waals surface area contributed by atoms with Gasteiger partial charge in [-0.25, -0.2) is 4.39 Å². The molecule has 0 saturated heterocycles. The molecule has 1 nitrogen and oxygen atoms in total. The van der Waals surface area contributed by atoms with E-state index in [1.165, 1.54) is 31.2 Å². The smallest absolute Gasteiger partial charge is 0.146 e. The van der Waals surface area contributed by atoms with Crippen molar-refractivity contribution in [3.8, 4) is 0 Å². The van der Waals surface area contributed by atoms with Crippen LogP contribution in [0, 0.1) is 11.7 Å². The van der Waals surface area contributed by atoms with Crippen LogP contribution >= 0.6 is 0 Å². The van der Waals surface area contributed by atoms with Crippen molar-refractivity contribution in [1.82, 2.24) is 0 Å². The number of benzene rings is 1. The number of aryl methyl sites for hydroxylation is 1. The van der Waals surface area contributed by atoms with Crippen LogP contribution in [0.1, 0.15) is 38.2 Å². The molecule has 0 spiro atoms. The van der Waals surface area contributed by atoms with Crippen molar-refractivity contribution in [2.45, 2.75) is 39.0 Å². The van der Waals surface area contributed by atoms with E-state index in [2.05, 4.69) is 12.2 Å². The lowest BCUT2D eigenvalue weighted by molar-refractivity contribution is 0.573. The maximum atomic E-state index is 13.5. The van der Waals surface area contributed by atoms with Crippen LogP contribution in [0.2, 0.25) is 0 Å². The first-order chi connectivity index (χ1) is 7.79. The predicted octanol–water partition coefficient (Wildman–Crippen LogP) is 3.99. The fourth-order valence-electron chi connectivity index (χ4n) is 2.40. The Morgan fingerprint density at radius 3 is 2.75 bits per heavy atom. The fourth-order valence-corrected chi connectivity index (χ4v) is 2.40. The number of nitrogens with one attached hydrogen (secondary N) is 1. The van der Waals surface area contributed by atoms with Crippen molar-refractivity contribution in [1.29, 1.82) is 0 Å². The van der Waals surface area contributed by atoms with Gasteiger partial charge in [-0.1, -0.05) is 25.8 Å². The molecule has 0 amide bonds. The summed E-state index contributed by atoms with van der Waals surface area (Å²) in [6, 6.07) is 5.36. The molecule has 1 aromatic rings. The highest BCUT2D eigenvalue weighted by molar-refractivity contribution is 5.47. The number of rotatable bonds is 4. The van der Waals surface area contributed by atoms with Gasteiger partial charge in [0.2, 0.25) is 0 Å². The summed E-state index contributed by atoms with van der Waals surface area (Å²) in [6.07, 6.45) is 6.22. The van der Waals surface area contributed by atoms with Crippen LogP contribution in [-0.2, 0) is 6.42 Å². The van der Waals surface area contributed by atoms with E-state index in [-0.39, 0.29) is 5.82 Å². The van der Waals surface area contributed by atoms with Crippen LogP contribution in [0.25, 0.3) is 0 Å². The predicted molar refractivity (Wildman–Crippen MR) is 66.2 cm³/mol. The van der Waals surface area contributed by atoms with Gasteiger partial charge in [0.25, 0.3) is 0 Å². The van der Waals surface area contributed by atoms with Crippen LogP contribution < -0.4 is 5.32 Å². The molecular weight excluding hydrogens is 201 g/mol. The van der Waals surface area contributed by atoms with E-state index in [4.69, 9.17) is 0 Å². The van der Waals surface area contributed by atoms with E-state index < -0.39 is 0 Å². The SMILES string of the molecule is CCc1ccc(F)c(NCC2CCCC2)c1. The van der Waals surface area contributed by atoms with E-state index in [1.807, 2.05) is 12.1 Å². The second-order valence-electron chi connectivity index (χ2n) is 4.70. The van der Waals surface area contributed by atoms with Gasteiger partial charge in [0, 0.05) is 6.54 Å². The lowest BCUT2D eigenvalue weighted by atomic mass is 10.1. The Bertz CT molecular complexity index is 343. The second-order valence-corrected chi connectivity index (χ2v) is 4.70. The minimum absolute atomic E-state index is 0.129. The Kier molecular flexibility index (Phi) is 3.81. The topological polar surface area (TPSA) is 12.0 Å². The first-order valence-electron chi connectivity index (χ1n) is 6.32. The van der Waals surface area contributed by atoms with Crippen molar-refractivity contribution in [3.63, 3.8) is 0 Å². The standard InChI is InChI=1S/C14H20FN/c1-2-11-7-8-13(15)14(9-11)16-10-12-5-3-4-6-12/h7-9,12,16H,2-6,10H2,1H3. The van der Waals surface area contributed by atoms with Gasteiger partial charge in [0.15, 0.2) is 0 Å². The highest BCUT2D eigenvalue weighted by Gasteiger charge is 2.15. The maximum Gasteiger partial charge on any atom is 0.146 e. The molecule has 0 unspecified atom stereocenters. The molecular formula is C14H20FN. The average Bonchev–Trinajstić information content (AvgIpc) is 2.81. The van der Waals surface area contributed by atoms with Gasteiger partial charge in [0.05, 0.1) is 5.69 Å². The molecule has 1 aliphatic carbocycles. The Hall–Kier alpha value is -1.05. The third-order valence-electron chi connectivity index (χ3n) is 3.49. The summed E-state index contributed by atoms with van der Waals surface area (Å²) in [4.78, 5) is 0. The molecule has 0 bridgehead atoms. The minimum Gasteiger partial charge on any atom is -0.382 e. The molecule has 16 heavy (non-hydrogen) atoms. The molecule has 2 rings (SSSR count). The zero-order valence-electron chi connectivity index (χ0n) is 9.93. The lowest BCUT2D eigenvalue weighted by Crippen LogP contribution is -2.12. The summed E-state index contributed by atoms with van der Waals surface area (Å²) in [5.74, 6) is 0.611. The first-order valence-corrected chi connectivity index (χ1v) is 6.32. The van der Waals surface area contributed by atoms with Crippen molar-refractivity contribution in [2.75, 3.05) is 11.9 Å². The van der Waals surface area contributed by atoms with Crippen molar-refractivity contribution < 1.29 is 4.39 Å². The molecule has 2 heteroatoms. The normalized spacial score (nSPS) is 16.6. The average molecular weight is 221 g/mol. The molecule has 0 atom stereocenters. The van der Waals surface area contributed by atoms with Crippen molar-refractivity contribution >= 4 is 5.69 Å². The number of halogens is 1. The Labute approximate surface area is 97.1 Å². The summed E-state index contributed by atoms with van der Waals surface area (Å²) >= 11 is 0. The quantitative estimate of drug-likeness (QED) is 0.810. The van der Waals surface area contributed by atoms with Crippen molar-refractivity contribution in [2.24, 2.45) is 5.92 Å². The monoisotopic (exact) mass is 221 g/mol. The molecule has 1 N–H and O–H groups in total. The first kappa shape index (κ1) is 11.4. The van der Waals surface area contributed by atoms with Crippen LogP contribution in [0.3, 0.4) is 0 Å². The third-order valence-corrected chi connectivity index (χ3v) is 3.49. The lowest BCUT2D eigenvalue weighted by Gasteiger charge is -2.13. The molecule has 0 aliphatic heterocycles. The summed E-state index contributed by atoms with van der Waals surface area (Å²) < 4.78 is 13.5. The molecule has 0 radical (unpaired) electrons. The zero-order chi connectivity index (χ0) is 11.4. The molecule has 1 aromatic carbocycles. The summed E-state index contributed by atoms with van der Waals surface area (Å²) in [7, 11) is 0. The fraction of sp³-hybridized carbons (Fsp3) is 0.571. The molecule has 0 heterocycles. The second kappa shape index (κ2) is 5.33. The highest BCUT2D eigenvalue weighted by Crippen LogP contribution is 2.25. The summed E-state index contributed by atoms with van der Waals surface area (Å²) in [5, 5.41) is 3.25.